The van der Waals surface area contributed by atoms with Crippen LogP contribution in [-0.4, -0.2) is 36.9 Å². The predicted molar refractivity (Wildman–Crippen MR) is 53.1 cm³/mol. The van der Waals surface area contributed by atoms with Crippen LogP contribution in [0.25, 0.3) is 0 Å². The Labute approximate surface area is 91.7 Å². The van der Waals surface area contributed by atoms with Crippen molar-refractivity contribution in [2.45, 2.75) is 38.7 Å². The molecule has 3 nitrogen and oxygen atoms in total. The summed E-state index contributed by atoms with van der Waals surface area (Å²) in [5.74, 6) is -4.15. The van der Waals surface area contributed by atoms with Crippen molar-refractivity contribution in [3.8, 4) is 0 Å². The van der Waals surface area contributed by atoms with Crippen molar-refractivity contribution in [3.05, 3.63) is 0 Å². The van der Waals surface area contributed by atoms with E-state index >= 15 is 0 Å². The van der Waals surface area contributed by atoms with Crippen molar-refractivity contribution in [3.63, 3.8) is 0 Å². The number of ether oxygens (including phenoxy) is 1. The molecule has 0 rings (SSSR count). The minimum Gasteiger partial charge on any atom is -0.386 e. The maximum atomic E-state index is 12.4. The first-order valence-electron chi connectivity index (χ1n) is 4.62. The average molecular weight is 244 g/mol. The van der Waals surface area contributed by atoms with Crippen LogP contribution >= 0.6 is 0 Å². The molecule has 0 aromatic carbocycles. The Bertz CT molecular complexity index is 248. The van der Waals surface area contributed by atoms with Gasteiger partial charge in [0, 0.05) is 0 Å². The number of aliphatic imine (C=N–C) groups is 1. The van der Waals surface area contributed by atoms with Gasteiger partial charge in [0.05, 0.1) is 5.54 Å². The first-order chi connectivity index (χ1) is 7.04. The van der Waals surface area contributed by atoms with Gasteiger partial charge in [-0.1, -0.05) is 0 Å². The van der Waals surface area contributed by atoms with Crippen LogP contribution in [0, 0.1) is 0 Å². The number of nitrogens with two attached hydrogens (primary N) is 1. The molecular formula is C9H16F4N2O. The van der Waals surface area contributed by atoms with E-state index in [2.05, 4.69) is 9.73 Å². The molecule has 0 atom stereocenters. The summed E-state index contributed by atoms with van der Waals surface area (Å²) in [5.41, 5.74) is 4.90. The molecule has 0 aliphatic carbocycles. The maximum Gasteiger partial charge on any atom is 0.330 e. The second-order valence-corrected chi connectivity index (χ2v) is 4.33. The van der Waals surface area contributed by atoms with Crippen LogP contribution in [0.4, 0.5) is 17.6 Å². The van der Waals surface area contributed by atoms with Gasteiger partial charge in [-0.3, -0.25) is 4.99 Å². The van der Waals surface area contributed by atoms with Gasteiger partial charge in [-0.2, -0.15) is 8.78 Å². The highest BCUT2D eigenvalue weighted by atomic mass is 19.3. The lowest BCUT2D eigenvalue weighted by atomic mass is 10.1. The molecule has 0 saturated heterocycles. The summed E-state index contributed by atoms with van der Waals surface area (Å²) < 4.78 is 52.6. The smallest absolute Gasteiger partial charge is 0.330 e. The van der Waals surface area contributed by atoms with E-state index in [0.717, 1.165) is 0 Å². The van der Waals surface area contributed by atoms with Crippen molar-refractivity contribution < 1.29 is 22.3 Å². The molecule has 16 heavy (non-hydrogen) atoms. The van der Waals surface area contributed by atoms with Gasteiger partial charge in [0.25, 0.3) is 0 Å². The number of alkyl halides is 4. The van der Waals surface area contributed by atoms with E-state index in [-0.39, 0.29) is 12.4 Å². The molecule has 0 unspecified atom stereocenters. The summed E-state index contributed by atoms with van der Waals surface area (Å²) in [4.78, 5) is 3.91. The quantitative estimate of drug-likeness (QED) is 0.457. The minimum absolute atomic E-state index is 0.00225. The van der Waals surface area contributed by atoms with E-state index in [1.807, 2.05) is 0 Å². The third kappa shape index (κ3) is 6.60. The normalized spacial score (nSPS) is 14.6. The summed E-state index contributed by atoms with van der Waals surface area (Å²) in [7, 11) is 0. The number of halogens is 4. The Hall–Kier alpha value is -0.850. The third-order valence-electron chi connectivity index (χ3n) is 1.34. The number of amidine groups is 1. The summed E-state index contributed by atoms with van der Waals surface area (Å²) in [6.07, 6.45) is -3.74. The fraction of sp³-hybridized carbons (Fsp3) is 0.889. The van der Waals surface area contributed by atoms with Gasteiger partial charge in [-0.25, -0.2) is 8.78 Å². The molecule has 0 radical (unpaired) electrons. The van der Waals surface area contributed by atoms with Crippen molar-refractivity contribution in [1.29, 1.82) is 0 Å². The monoisotopic (exact) mass is 244 g/mol. The summed E-state index contributed by atoms with van der Waals surface area (Å²) in [6, 6.07) is 0. The molecule has 0 heterocycles. The number of hydrogen-bond donors (Lipinski definition) is 1. The Morgan fingerprint density at radius 3 is 2.19 bits per heavy atom. The topological polar surface area (TPSA) is 47.6 Å². The van der Waals surface area contributed by atoms with Gasteiger partial charge in [-0.05, 0) is 20.8 Å². The molecule has 0 spiro atoms. The molecule has 0 saturated carbocycles. The molecule has 0 amide bonds. The average Bonchev–Trinajstić information content (AvgIpc) is 1.99. The molecule has 0 aliphatic heterocycles. The first-order valence-corrected chi connectivity index (χ1v) is 4.62. The molecule has 0 bridgehead atoms. The summed E-state index contributed by atoms with van der Waals surface area (Å²) >= 11 is 0. The van der Waals surface area contributed by atoms with Gasteiger partial charge < -0.3 is 10.5 Å². The molecule has 0 aromatic rings. The highest BCUT2D eigenvalue weighted by Crippen LogP contribution is 2.22. The lowest BCUT2D eigenvalue weighted by Gasteiger charge is -2.16. The zero-order valence-electron chi connectivity index (χ0n) is 9.44. The van der Waals surface area contributed by atoms with E-state index in [1.54, 1.807) is 20.8 Å². The van der Waals surface area contributed by atoms with Crippen molar-refractivity contribution in [2.75, 3.05) is 13.2 Å². The number of rotatable bonds is 5. The Morgan fingerprint density at radius 2 is 1.81 bits per heavy atom. The zero-order valence-corrected chi connectivity index (χ0v) is 9.44. The van der Waals surface area contributed by atoms with Gasteiger partial charge in [0.15, 0.2) is 0 Å². The molecule has 0 fully saturated rings. The maximum absolute atomic E-state index is 12.4. The second-order valence-electron chi connectivity index (χ2n) is 4.33. The van der Waals surface area contributed by atoms with Crippen LogP contribution in [0.2, 0.25) is 0 Å². The van der Waals surface area contributed by atoms with Crippen LogP contribution < -0.4 is 5.73 Å². The Morgan fingerprint density at radius 1 is 1.31 bits per heavy atom. The van der Waals surface area contributed by atoms with Gasteiger partial charge in [0.2, 0.25) is 0 Å². The van der Waals surface area contributed by atoms with Crippen LogP contribution in [0.5, 0.6) is 0 Å². The Kier molecular flexibility index (Phi) is 5.18. The van der Waals surface area contributed by atoms with Crippen LogP contribution in [0.1, 0.15) is 20.8 Å². The molecule has 7 heteroatoms. The molecule has 0 aliphatic rings. The minimum atomic E-state index is -4.15. The SMILES string of the molecule is CC(C)(C)N=C(N)COCC(F)(F)C(F)F. The molecule has 0 aromatic heterocycles. The molecular weight excluding hydrogens is 228 g/mol. The second kappa shape index (κ2) is 5.47. The first kappa shape index (κ1) is 15.2. The van der Waals surface area contributed by atoms with Gasteiger partial charge in [0.1, 0.15) is 19.0 Å². The standard InChI is InChI=1S/C9H16F4N2O/c1-8(2,3)15-6(14)4-16-5-9(12,13)7(10)11/h7H,4-5H2,1-3H3,(H2,14,15). The summed E-state index contributed by atoms with van der Waals surface area (Å²) in [5, 5.41) is 0. The third-order valence-corrected chi connectivity index (χ3v) is 1.34. The zero-order chi connectivity index (χ0) is 13.0. The molecule has 2 N–H and O–H groups in total. The summed E-state index contributed by atoms with van der Waals surface area (Å²) in [6.45, 7) is 3.51. The van der Waals surface area contributed by atoms with Crippen LogP contribution in [-0.2, 0) is 4.74 Å². The van der Waals surface area contributed by atoms with E-state index in [4.69, 9.17) is 5.73 Å². The highest BCUT2D eigenvalue weighted by molar-refractivity contribution is 5.81. The van der Waals surface area contributed by atoms with E-state index in [1.165, 1.54) is 0 Å². The van der Waals surface area contributed by atoms with Gasteiger partial charge in [-0.15, -0.1) is 0 Å². The Balaban J connectivity index is 4.05. The van der Waals surface area contributed by atoms with Crippen molar-refractivity contribution in [2.24, 2.45) is 10.7 Å². The number of nitrogens with zero attached hydrogens (tertiary/aromatic N) is 1. The fourth-order valence-electron chi connectivity index (χ4n) is 0.818. The highest BCUT2D eigenvalue weighted by Gasteiger charge is 2.40. The predicted octanol–water partition coefficient (Wildman–Crippen LogP) is 2.06. The lowest BCUT2D eigenvalue weighted by molar-refractivity contribution is -0.162. The van der Waals surface area contributed by atoms with E-state index < -0.39 is 24.5 Å². The van der Waals surface area contributed by atoms with Crippen LogP contribution in [0.15, 0.2) is 4.99 Å². The van der Waals surface area contributed by atoms with Crippen LogP contribution in [0.3, 0.4) is 0 Å². The van der Waals surface area contributed by atoms with Gasteiger partial charge >= 0.3 is 12.3 Å². The number of hydrogen-bond acceptors (Lipinski definition) is 2. The van der Waals surface area contributed by atoms with Crippen molar-refractivity contribution in [1.82, 2.24) is 0 Å². The molecule has 96 valence electrons. The van der Waals surface area contributed by atoms with E-state index in [0.29, 0.717) is 0 Å². The fourth-order valence-corrected chi connectivity index (χ4v) is 0.818. The largest absolute Gasteiger partial charge is 0.386 e. The lowest BCUT2D eigenvalue weighted by Crippen LogP contribution is -2.34. The van der Waals surface area contributed by atoms with Crippen molar-refractivity contribution >= 4 is 5.84 Å². The van der Waals surface area contributed by atoms with E-state index in [9.17, 15) is 17.6 Å².